The van der Waals surface area contributed by atoms with E-state index in [0.717, 1.165) is 34.5 Å². The number of anilines is 1. The number of nitrogens with one attached hydrogen (secondary N) is 1. The molecule has 1 aliphatic heterocycles. The van der Waals surface area contributed by atoms with Crippen molar-refractivity contribution in [3.63, 3.8) is 0 Å². The highest BCUT2D eigenvalue weighted by molar-refractivity contribution is 5.97. The van der Waals surface area contributed by atoms with Crippen LogP contribution in [-0.2, 0) is 17.8 Å². The number of carbonyl (C=O) groups excluding carboxylic acids is 2. The summed E-state index contributed by atoms with van der Waals surface area (Å²) in [4.78, 5) is 26.4. The van der Waals surface area contributed by atoms with Gasteiger partial charge in [-0.15, -0.1) is 0 Å². The molecule has 0 saturated heterocycles. The van der Waals surface area contributed by atoms with Gasteiger partial charge in [-0.1, -0.05) is 18.2 Å². The summed E-state index contributed by atoms with van der Waals surface area (Å²) in [6, 6.07) is 21.2. The van der Waals surface area contributed by atoms with Gasteiger partial charge in [0.05, 0.1) is 11.4 Å². The number of hydrogen-bond acceptors (Lipinski definition) is 3. The van der Waals surface area contributed by atoms with Gasteiger partial charge in [-0.3, -0.25) is 9.59 Å². The van der Waals surface area contributed by atoms with Crippen molar-refractivity contribution in [1.29, 1.82) is 0 Å². The van der Waals surface area contributed by atoms with Crippen LogP contribution in [0, 0.1) is 5.82 Å². The first kappa shape index (κ1) is 21.6. The van der Waals surface area contributed by atoms with E-state index in [1.807, 2.05) is 48.7 Å². The maximum atomic E-state index is 13.5. The Labute approximate surface area is 196 Å². The second-order valence-electron chi connectivity index (χ2n) is 8.24. The third-order valence-electron chi connectivity index (χ3n) is 5.99. The maximum absolute atomic E-state index is 13.5. The van der Waals surface area contributed by atoms with Gasteiger partial charge in [-0.2, -0.15) is 5.10 Å². The monoisotopic (exact) mass is 454 g/mol. The van der Waals surface area contributed by atoms with Crippen molar-refractivity contribution in [2.75, 3.05) is 11.4 Å². The van der Waals surface area contributed by atoms with Crippen LogP contribution in [0.2, 0.25) is 0 Å². The number of fused-ring (bicyclic) bond motifs is 1. The molecule has 170 valence electrons. The molecule has 2 amide bonds. The molecule has 0 bridgehead atoms. The molecule has 0 atom stereocenters. The van der Waals surface area contributed by atoms with Crippen molar-refractivity contribution < 1.29 is 14.0 Å². The number of aromatic nitrogens is 2. The standard InChI is InChI=1S/C27H23FN4O2/c1-18(33)31-14-13-20-15-21(9-12-25(20)31)27(34)29-16-22-17-32(24-5-3-2-4-6-24)30-26(22)19-7-10-23(28)11-8-19/h2-12,15,17H,13-14,16H2,1H3,(H,29,34). The molecular formula is C27H23FN4O2. The summed E-state index contributed by atoms with van der Waals surface area (Å²) in [5, 5.41) is 7.69. The van der Waals surface area contributed by atoms with Crippen LogP contribution in [0.15, 0.2) is 79.0 Å². The Morgan fingerprint density at radius 2 is 1.79 bits per heavy atom. The highest BCUT2D eigenvalue weighted by atomic mass is 19.1. The Balaban J connectivity index is 1.40. The summed E-state index contributed by atoms with van der Waals surface area (Å²) in [7, 11) is 0. The first-order valence-electron chi connectivity index (χ1n) is 11.1. The zero-order valence-electron chi connectivity index (χ0n) is 18.7. The van der Waals surface area contributed by atoms with Crippen LogP contribution in [0.25, 0.3) is 16.9 Å². The number of halogens is 1. The normalized spacial score (nSPS) is 12.5. The highest BCUT2D eigenvalue weighted by Gasteiger charge is 2.23. The van der Waals surface area contributed by atoms with Crippen molar-refractivity contribution in [2.24, 2.45) is 0 Å². The third kappa shape index (κ3) is 4.20. The van der Waals surface area contributed by atoms with Gasteiger partial charge in [0, 0.05) is 48.6 Å². The average Bonchev–Trinajstić information content (AvgIpc) is 3.48. The zero-order valence-corrected chi connectivity index (χ0v) is 18.7. The van der Waals surface area contributed by atoms with E-state index in [-0.39, 0.29) is 24.2 Å². The Morgan fingerprint density at radius 3 is 2.53 bits per heavy atom. The van der Waals surface area contributed by atoms with Crippen LogP contribution in [0.3, 0.4) is 0 Å². The van der Waals surface area contributed by atoms with Crippen molar-refractivity contribution in [3.8, 4) is 16.9 Å². The van der Waals surface area contributed by atoms with Gasteiger partial charge in [0.15, 0.2) is 0 Å². The predicted octanol–water partition coefficient (Wildman–Crippen LogP) is 4.52. The SMILES string of the molecule is CC(=O)N1CCc2cc(C(=O)NCc3cn(-c4ccccc4)nc3-c3ccc(F)cc3)ccc21. The first-order chi connectivity index (χ1) is 16.5. The third-order valence-corrected chi connectivity index (χ3v) is 5.99. The van der Waals surface area contributed by atoms with Crippen LogP contribution in [0.1, 0.15) is 28.4 Å². The van der Waals surface area contributed by atoms with Crippen LogP contribution >= 0.6 is 0 Å². The van der Waals surface area contributed by atoms with E-state index in [1.165, 1.54) is 12.1 Å². The van der Waals surface area contributed by atoms with Gasteiger partial charge in [-0.25, -0.2) is 9.07 Å². The fourth-order valence-electron chi connectivity index (χ4n) is 4.25. The van der Waals surface area contributed by atoms with E-state index >= 15 is 0 Å². The lowest BCUT2D eigenvalue weighted by atomic mass is 10.1. The van der Waals surface area contributed by atoms with Crippen LogP contribution in [0.5, 0.6) is 0 Å². The second-order valence-corrected chi connectivity index (χ2v) is 8.24. The Hall–Kier alpha value is -4.26. The molecule has 3 aromatic carbocycles. The number of amides is 2. The summed E-state index contributed by atoms with van der Waals surface area (Å²) >= 11 is 0. The molecular weight excluding hydrogens is 431 g/mol. The lowest BCUT2D eigenvalue weighted by Crippen LogP contribution is -2.26. The van der Waals surface area contributed by atoms with Gasteiger partial charge < -0.3 is 10.2 Å². The van der Waals surface area contributed by atoms with Crippen molar-refractivity contribution in [2.45, 2.75) is 19.9 Å². The number of hydrogen-bond donors (Lipinski definition) is 1. The molecule has 5 rings (SSSR count). The molecule has 4 aromatic rings. The number of benzene rings is 3. The lowest BCUT2D eigenvalue weighted by molar-refractivity contribution is -0.116. The second kappa shape index (κ2) is 8.94. The van der Waals surface area contributed by atoms with Crippen molar-refractivity contribution in [3.05, 3.63) is 102 Å². The first-order valence-corrected chi connectivity index (χ1v) is 11.1. The lowest BCUT2D eigenvalue weighted by Gasteiger charge is -2.14. The minimum Gasteiger partial charge on any atom is -0.348 e. The van der Waals surface area contributed by atoms with E-state index in [4.69, 9.17) is 5.10 Å². The fraction of sp³-hybridized carbons (Fsp3) is 0.148. The van der Waals surface area contributed by atoms with Gasteiger partial charge in [0.25, 0.3) is 5.91 Å². The van der Waals surface area contributed by atoms with Gasteiger partial charge >= 0.3 is 0 Å². The molecule has 2 heterocycles. The molecule has 0 aliphatic carbocycles. The van der Waals surface area contributed by atoms with Crippen LogP contribution in [-0.4, -0.2) is 28.1 Å². The topological polar surface area (TPSA) is 67.2 Å². The van der Waals surface area contributed by atoms with E-state index in [0.29, 0.717) is 17.8 Å². The number of rotatable bonds is 5. The molecule has 0 fully saturated rings. The zero-order chi connectivity index (χ0) is 23.7. The minimum absolute atomic E-state index is 0.000276. The maximum Gasteiger partial charge on any atom is 0.251 e. The van der Waals surface area contributed by atoms with E-state index in [2.05, 4.69) is 5.32 Å². The molecule has 1 N–H and O–H groups in total. The Bertz CT molecular complexity index is 1360. The van der Waals surface area contributed by atoms with Gasteiger partial charge in [0.1, 0.15) is 5.82 Å². The van der Waals surface area contributed by atoms with Crippen LogP contribution < -0.4 is 10.2 Å². The molecule has 6 nitrogen and oxygen atoms in total. The molecule has 1 aliphatic rings. The summed E-state index contributed by atoms with van der Waals surface area (Å²) in [6.45, 7) is 2.44. The number of carbonyl (C=O) groups is 2. The number of nitrogens with zero attached hydrogens (tertiary/aromatic N) is 3. The largest absolute Gasteiger partial charge is 0.348 e. The molecule has 0 spiro atoms. The van der Waals surface area contributed by atoms with E-state index in [9.17, 15) is 14.0 Å². The van der Waals surface area contributed by atoms with Gasteiger partial charge in [0.2, 0.25) is 5.91 Å². The molecule has 34 heavy (non-hydrogen) atoms. The Morgan fingerprint density at radius 1 is 1.03 bits per heavy atom. The van der Waals surface area contributed by atoms with E-state index in [1.54, 1.807) is 34.7 Å². The molecule has 0 unspecified atom stereocenters. The van der Waals surface area contributed by atoms with Gasteiger partial charge in [-0.05, 0) is 66.6 Å². The molecule has 0 saturated carbocycles. The molecule has 7 heteroatoms. The quantitative estimate of drug-likeness (QED) is 0.482. The van der Waals surface area contributed by atoms with Crippen molar-refractivity contribution >= 4 is 17.5 Å². The average molecular weight is 455 g/mol. The minimum atomic E-state index is -0.318. The fourth-order valence-corrected chi connectivity index (χ4v) is 4.25. The predicted molar refractivity (Wildman–Crippen MR) is 128 cm³/mol. The summed E-state index contributed by atoms with van der Waals surface area (Å²) in [5.74, 6) is -0.526. The smallest absolute Gasteiger partial charge is 0.251 e. The van der Waals surface area contributed by atoms with Crippen LogP contribution in [0.4, 0.5) is 10.1 Å². The van der Waals surface area contributed by atoms with E-state index < -0.39 is 0 Å². The summed E-state index contributed by atoms with van der Waals surface area (Å²) in [5.41, 5.74) is 5.55. The summed E-state index contributed by atoms with van der Waals surface area (Å²) < 4.78 is 15.2. The van der Waals surface area contributed by atoms with Crippen molar-refractivity contribution in [1.82, 2.24) is 15.1 Å². The Kier molecular flexibility index (Phi) is 5.67. The number of para-hydroxylation sites is 1. The highest BCUT2D eigenvalue weighted by Crippen LogP contribution is 2.29. The molecule has 1 aromatic heterocycles. The molecule has 0 radical (unpaired) electrons. The summed E-state index contributed by atoms with van der Waals surface area (Å²) in [6.07, 6.45) is 2.61.